The van der Waals surface area contributed by atoms with Crippen LogP contribution in [-0.4, -0.2) is 29.6 Å². The van der Waals surface area contributed by atoms with Crippen LogP contribution in [0.4, 0.5) is 8.78 Å². The van der Waals surface area contributed by atoms with Gasteiger partial charge in [0.1, 0.15) is 6.10 Å². The summed E-state index contributed by atoms with van der Waals surface area (Å²) in [6.07, 6.45) is -4.97. The Bertz CT molecular complexity index is 374. The zero-order chi connectivity index (χ0) is 13.5. The molecule has 1 unspecified atom stereocenters. The van der Waals surface area contributed by atoms with Crippen LogP contribution < -0.4 is 11.1 Å². The summed E-state index contributed by atoms with van der Waals surface area (Å²) in [5.41, 5.74) is 6.14. The Balaban J connectivity index is 2.40. The lowest BCUT2D eigenvalue weighted by Crippen LogP contribution is -2.46. The number of hydrogen-bond acceptors (Lipinski definition) is 3. The summed E-state index contributed by atoms with van der Waals surface area (Å²) < 4.78 is 24.1. The fraction of sp³-hybridized carbons (Fsp3) is 0.417. The number of nitrogens with one attached hydrogen (secondary N) is 1. The van der Waals surface area contributed by atoms with Crippen molar-refractivity contribution in [3.8, 4) is 0 Å². The van der Waals surface area contributed by atoms with E-state index in [1.807, 2.05) is 6.07 Å². The molecule has 0 saturated heterocycles. The van der Waals surface area contributed by atoms with Crippen molar-refractivity contribution >= 4 is 5.91 Å². The monoisotopic (exact) mass is 258 g/mol. The molecular weight excluding hydrogens is 242 g/mol. The summed E-state index contributed by atoms with van der Waals surface area (Å²) in [7, 11) is 0. The van der Waals surface area contributed by atoms with Crippen LogP contribution in [0.3, 0.4) is 0 Å². The first-order valence-corrected chi connectivity index (χ1v) is 5.54. The first-order valence-electron chi connectivity index (χ1n) is 5.54. The molecule has 100 valence electrons. The number of rotatable bonds is 6. The predicted molar refractivity (Wildman–Crippen MR) is 62.9 cm³/mol. The molecule has 0 aliphatic heterocycles. The second kappa shape index (κ2) is 7.03. The average molecular weight is 258 g/mol. The highest BCUT2D eigenvalue weighted by molar-refractivity contribution is 5.81. The van der Waals surface area contributed by atoms with E-state index in [0.29, 0.717) is 0 Å². The van der Waals surface area contributed by atoms with Gasteiger partial charge >= 0.3 is 0 Å². The number of aliphatic hydroxyl groups is 1. The van der Waals surface area contributed by atoms with Gasteiger partial charge in [-0.2, -0.15) is 0 Å². The van der Waals surface area contributed by atoms with Gasteiger partial charge in [-0.1, -0.05) is 30.3 Å². The summed E-state index contributed by atoms with van der Waals surface area (Å²) in [6, 6.07) is 7.78. The first-order chi connectivity index (χ1) is 8.50. The van der Waals surface area contributed by atoms with E-state index >= 15 is 0 Å². The van der Waals surface area contributed by atoms with Crippen LogP contribution in [0.2, 0.25) is 0 Å². The van der Waals surface area contributed by atoms with Gasteiger partial charge in [0.2, 0.25) is 6.43 Å². The number of halogens is 2. The Morgan fingerprint density at radius 3 is 2.50 bits per heavy atom. The van der Waals surface area contributed by atoms with Gasteiger partial charge in [0.05, 0.1) is 0 Å². The minimum absolute atomic E-state index is 0.220. The Morgan fingerprint density at radius 2 is 1.94 bits per heavy atom. The molecule has 0 radical (unpaired) electrons. The summed E-state index contributed by atoms with van der Waals surface area (Å²) in [4.78, 5) is 11.5. The molecule has 0 aromatic heterocycles. The van der Waals surface area contributed by atoms with Crippen LogP contribution in [0.25, 0.3) is 0 Å². The Hall–Kier alpha value is -1.53. The van der Waals surface area contributed by atoms with Gasteiger partial charge in [0, 0.05) is 19.0 Å². The highest BCUT2D eigenvalue weighted by Crippen LogP contribution is 2.06. The number of carbonyl (C=O) groups is 1. The van der Waals surface area contributed by atoms with Gasteiger partial charge in [0.15, 0.2) is 0 Å². The van der Waals surface area contributed by atoms with Gasteiger partial charge in [-0.25, -0.2) is 8.78 Å². The summed E-state index contributed by atoms with van der Waals surface area (Å²) in [5.74, 6) is -0.744. The smallest absolute Gasteiger partial charge is 0.250 e. The summed E-state index contributed by atoms with van der Waals surface area (Å²) >= 11 is 0. The third-order valence-electron chi connectivity index (χ3n) is 2.43. The highest BCUT2D eigenvalue weighted by atomic mass is 19.3. The molecule has 4 nitrogen and oxygen atoms in total. The SMILES string of the molecule is NC(CC(F)F)[C@@H](O)C(=O)NCc1ccccc1. The minimum Gasteiger partial charge on any atom is -0.382 e. The number of nitrogens with two attached hydrogens (primary N) is 1. The van der Waals surface area contributed by atoms with Gasteiger partial charge < -0.3 is 16.2 Å². The molecule has 0 fully saturated rings. The number of alkyl halides is 2. The number of amides is 1. The zero-order valence-electron chi connectivity index (χ0n) is 9.72. The van der Waals surface area contributed by atoms with Crippen molar-refractivity contribution in [2.45, 2.75) is 31.5 Å². The Kier molecular flexibility index (Phi) is 5.67. The van der Waals surface area contributed by atoms with Crippen molar-refractivity contribution in [2.75, 3.05) is 0 Å². The minimum atomic E-state index is -2.64. The maximum atomic E-state index is 12.0. The van der Waals surface area contributed by atoms with Crippen molar-refractivity contribution in [3.63, 3.8) is 0 Å². The second-order valence-electron chi connectivity index (χ2n) is 3.94. The van der Waals surface area contributed by atoms with Crippen LogP contribution in [-0.2, 0) is 11.3 Å². The molecular formula is C12H16F2N2O2. The van der Waals surface area contributed by atoms with E-state index in [4.69, 9.17) is 5.73 Å². The third kappa shape index (κ3) is 4.77. The van der Waals surface area contributed by atoms with E-state index < -0.39 is 30.9 Å². The fourth-order valence-electron chi connectivity index (χ4n) is 1.42. The van der Waals surface area contributed by atoms with Crippen molar-refractivity contribution in [1.29, 1.82) is 0 Å². The Morgan fingerprint density at radius 1 is 1.33 bits per heavy atom. The topological polar surface area (TPSA) is 75.3 Å². The van der Waals surface area contributed by atoms with Crippen LogP contribution in [0.1, 0.15) is 12.0 Å². The van der Waals surface area contributed by atoms with Crippen LogP contribution >= 0.6 is 0 Å². The number of hydrogen-bond donors (Lipinski definition) is 3. The number of aliphatic hydroxyl groups excluding tert-OH is 1. The van der Waals surface area contributed by atoms with Crippen molar-refractivity contribution < 1.29 is 18.7 Å². The van der Waals surface area contributed by atoms with E-state index in [0.717, 1.165) is 5.56 Å². The lowest BCUT2D eigenvalue weighted by Gasteiger charge is -2.17. The number of carbonyl (C=O) groups excluding carboxylic acids is 1. The van der Waals surface area contributed by atoms with Crippen LogP contribution in [0.15, 0.2) is 30.3 Å². The molecule has 1 aromatic carbocycles. The maximum Gasteiger partial charge on any atom is 0.250 e. The molecule has 1 amide bonds. The molecule has 6 heteroatoms. The predicted octanol–water partition coefficient (Wildman–Crippen LogP) is 0.646. The molecule has 0 spiro atoms. The van der Waals surface area contributed by atoms with Gasteiger partial charge in [-0.15, -0.1) is 0 Å². The van der Waals surface area contributed by atoms with E-state index in [2.05, 4.69) is 5.32 Å². The Labute approximate surface area is 104 Å². The average Bonchev–Trinajstić information content (AvgIpc) is 2.35. The van der Waals surface area contributed by atoms with Gasteiger partial charge in [-0.05, 0) is 5.56 Å². The van der Waals surface area contributed by atoms with E-state index in [1.165, 1.54) is 0 Å². The third-order valence-corrected chi connectivity index (χ3v) is 2.43. The lowest BCUT2D eigenvalue weighted by atomic mass is 10.1. The fourth-order valence-corrected chi connectivity index (χ4v) is 1.42. The van der Waals surface area contributed by atoms with Crippen molar-refractivity contribution in [2.24, 2.45) is 5.73 Å². The molecule has 0 aliphatic rings. The van der Waals surface area contributed by atoms with Crippen molar-refractivity contribution in [1.82, 2.24) is 5.32 Å². The first kappa shape index (κ1) is 14.5. The molecule has 0 aliphatic carbocycles. The highest BCUT2D eigenvalue weighted by Gasteiger charge is 2.25. The second-order valence-corrected chi connectivity index (χ2v) is 3.94. The summed E-state index contributed by atoms with van der Waals surface area (Å²) in [6.45, 7) is 0.220. The van der Waals surface area contributed by atoms with Crippen molar-refractivity contribution in [3.05, 3.63) is 35.9 Å². The molecule has 0 bridgehead atoms. The molecule has 1 aromatic rings. The quantitative estimate of drug-likeness (QED) is 0.701. The molecule has 0 saturated carbocycles. The summed E-state index contributed by atoms with van der Waals surface area (Å²) in [5, 5.41) is 11.9. The zero-order valence-corrected chi connectivity index (χ0v) is 9.72. The maximum absolute atomic E-state index is 12.0. The molecule has 0 heterocycles. The lowest BCUT2D eigenvalue weighted by molar-refractivity contribution is -0.130. The van der Waals surface area contributed by atoms with Crippen LogP contribution in [0.5, 0.6) is 0 Å². The van der Waals surface area contributed by atoms with E-state index in [-0.39, 0.29) is 6.54 Å². The van der Waals surface area contributed by atoms with Gasteiger partial charge in [0.25, 0.3) is 5.91 Å². The van der Waals surface area contributed by atoms with Gasteiger partial charge in [-0.3, -0.25) is 4.79 Å². The molecule has 1 rings (SSSR count). The normalized spacial score (nSPS) is 14.3. The number of benzene rings is 1. The molecule has 2 atom stereocenters. The van der Waals surface area contributed by atoms with E-state index in [9.17, 15) is 18.7 Å². The molecule has 4 N–H and O–H groups in total. The largest absolute Gasteiger partial charge is 0.382 e. The molecule has 18 heavy (non-hydrogen) atoms. The standard InChI is InChI=1S/C12H16F2N2O2/c13-10(14)6-9(15)11(17)12(18)16-7-8-4-2-1-3-5-8/h1-5,9-11,17H,6-7,15H2,(H,16,18)/t9?,11-/m1/s1. The van der Waals surface area contributed by atoms with Crippen LogP contribution in [0, 0.1) is 0 Å². The van der Waals surface area contributed by atoms with E-state index in [1.54, 1.807) is 24.3 Å².